The van der Waals surface area contributed by atoms with Crippen molar-refractivity contribution < 1.29 is 14.4 Å². The Morgan fingerprint density at radius 3 is 2.08 bits per heavy atom. The molecule has 2 aromatic carbocycles. The molecule has 0 aromatic heterocycles. The summed E-state index contributed by atoms with van der Waals surface area (Å²) in [6.45, 7) is 1.12. The second kappa shape index (κ2) is 7.82. The third-order valence-corrected chi connectivity index (χ3v) is 4.61. The highest BCUT2D eigenvalue weighted by Crippen LogP contribution is 2.23. The van der Waals surface area contributed by atoms with Crippen molar-refractivity contribution >= 4 is 23.4 Å². The molecule has 0 unspecified atom stereocenters. The molecule has 1 aliphatic rings. The van der Waals surface area contributed by atoms with Crippen LogP contribution in [0.3, 0.4) is 0 Å². The molecular formula is C20H21N3O3. The Labute approximate surface area is 152 Å². The lowest BCUT2D eigenvalue weighted by Crippen LogP contribution is -2.40. The first-order valence-electron chi connectivity index (χ1n) is 8.59. The fraction of sp³-hybridized carbons (Fsp3) is 0.250. The molecule has 2 aromatic rings. The van der Waals surface area contributed by atoms with Crippen LogP contribution < -0.4 is 11.1 Å². The third kappa shape index (κ3) is 4.08. The zero-order chi connectivity index (χ0) is 18.5. The molecule has 3 rings (SSSR count). The number of rotatable bonds is 4. The van der Waals surface area contributed by atoms with Crippen LogP contribution in [0.4, 0.5) is 10.5 Å². The van der Waals surface area contributed by atoms with Gasteiger partial charge in [-0.3, -0.25) is 9.59 Å². The summed E-state index contributed by atoms with van der Waals surface area (Å²) in [4.78, 5) is 37.7. The van der Waals surface area contributed by atoms with Gasteiger partial charge in [-0.1, -0.05) is 30.3 Å². The van der Waals surface area contributed by atoms with Crippen molar-refractivity contribution in [1.29, 1.82) is 0 Å². The van der Waals surface area contributed by atoms with Gasteiger partial charge >= 0.3 is 6.03 Å². The number of hydrogen-bond acceptors (Lipinski definition) is 3. The number of nitrogens with one attached hydrogen (secondary N) is 1. The van der Waals surface area contributed by atoms with E-state index >= 15 is 0 Å². The Bertz CT molecular complexity index is 795. The Hall–Kier alpha value is -3.15. The molecule has 134 valence electrons. The number of ketones is 1. The number of benzene rings is 2. The van der Waals surface area contributed by atoms with Crippen molar-refractivity contribution in [1.82, 2.24) is 4.90 Å². The summed E-state index contributed by atoms with van der Waals surface area (Å²) in [7, 11) is 0. The largest absolute Gasteiger partial charge is 0.351 e. The number of urea groups is 1. The smallest absolute Gasteiger partial charge is 0.316 e. The van der Waals surface area contributed by atoms with Crippen molar-refractivity contribution in [3.8, 4) is 0 Å². The normalized spacial score (nSPS) is 14.7. The fourth-order valence-electron chi connectivity index (χ4n) is 3.20. The van der Waals surface area contributed by atoms with Crippen molar-refractivity contribution in [2.24, 2.45) is 11.7 Å². The predicted octanol–water partition coefficient (Wildman–Crippen LogP) is 2.91. The molecule has 0 aliphatic carbocycles. The summed E-state index contributed by atoms with van der Waals surface area (Å²) in [6, 6.07) is 15.3. The molecule has 0 atom stereocenters. The van der Waals surface area contributed by atoms with E-state index in [2.05, 4.69) is 5.32 Å². The molecule has 0 bridgehead atoms. The number of anilines is 1. The number of carbonyl (C=O) groups is 3. The van der Waals surface area contributed by atoms with E-state index < -0.39 is 6.03 Å². The number of hydrogen-bond donors (Lipinski definition) is 2. The summed E-state index contributed by atoms with van der Waals surface area (Å²) in [6.07, 6.45) is 1.33. The van der Waals surface area contributed by atoms with E-state index in [4.69, 9.17) is 5.73 Å². The summed E-state index contributed by atoms with van der Waals surface area (Å²) < 4.78 is 0. The van der Waals surface area contributed by atoms with Gasteiger partial charge in [-0.25, -0.2) is 4.79 Å². The van der Waals surface area contributed by atoms with E-state index in [9.17, 15) is 14.4 Å². The Morgan fingerprint density at radius 1 is 0.885 bits per heavy atom. The van der Waals surface area contributed by atoms with E-state index in [-0.39, 0.29) is 17.6 Å². The molecule has 0 saturated carbocycles. The monoisotopic (exact) mass is 351 g/mol. The second-order valence-electron chi connectivity index (χ2n) is 6.36. The van der Waals surface area contributed by atoms with Crippen molar-refractivity contribution in [2.45, 2.75) is 12.8 Å². The first kappa shape index (κ1) is 17.7. The molecule has 0 spiro atoms. The minimum absolute atomic E-state index is 0.0383. The van der Waals surface area contributed by atoms with Crippen LogP contribution in [0.5, 0.6) is 0 Å². The maximum atomic E-state index is 12.6. The van der Waals surface area contributed by atoms with Crippen LogP contribution in [0.25, 0.3) is 0 Å². The predicted molar refractivity (Wildman–Crippen MR) is 99.0 cm³/mol. The van der Waals surface area contributed by atoms with E-state index in [1.165, 1.54) is 0 Å². The van der Waals surface area contributed by atoms with E-state index in [0.717, 1.165) is 5.56 Å². The average Bonchev–Trinajstić information content (AvgIpc) is 2.68. The molecule has 6 heteroatoms. The molecule has 26 heavy (non-hydrogen) atoms. The Balaban J connectivity index is 1.58. The third-order valence-electron chi connectivity index (χ3n) is 4.61. The summed E-state index contributed by atoms with van der Waals surface area (Å²) >= 11 is 0. The first-order chi connectivity index (χ1) is 12.5. The van der Waals surface area contributed by atoms with E-state index in [0.29, 0.717) is 37.2 Å². The molecule has 1 heterocycles. The molecule has 3 amide bonds. The van der Waals surface area contributed by atoms with Crippen molar-refractivity contribution in [3.63, 3.8) is 0 Å². The maximum absolute atomic E-state index is 12.6. The lowest BCUT2D eigenvalue weighted by atomic mass is 9.88. The zero-order valence-corrected chi connectivity index (χ0v) is 14.4. The number of primary amides is 1. The lowest BCUT2D eigenvalue weighted by Gasteiger charge is -2.31. The van der Waals surface area contributed by atoms with Gasteiger partial charge in [0.1, 0.15) is 0 Å². The summed E-state index contributed by atoms with van der Waals surface area (Å²) in [5, 5.41) is 2.46. The van der Waals surface area contributed by atoms with Crippen molar-refractivity contribution in [3.05, 3.63) is 65.7 Å². The Kier molecular flexibility index (Phi) is 5.31. The maximum Gasteiger partial charge on any atom is 0.316 e. The van der Waals surface area contributed by atoms with Gasteiger partial charge in [0.2, 0.25) is 0 Å². The van der Waals surface area contributed by atoms with Gasteiger partial charge in [-0.05, 0) is 37.1 Å². The number of likely N-dealkylation sites (tertiary alicyclic amines) is 1. The summed E-state index contributed by atoms with van der Waals surface area (Å²) in [5.74, 6) is 0.0457. The molecule has 3 N–H and O–H groups in total. The van der Waals surface area contributed by atoms with Gasteiger partial charge in [0.15, 0.2) is 5.78 Å². The summed E-state index contributed by atoms with van der Waals surface area (Å²) in [5.41, 5.74) is 6.89. The number of nitrogens with zero attached hydrogens (tertiary/aromatic N) is 1. The SMILES string of the molecule is NC(=O)Nc1ccc(C(=O)N2CCC(C(=O)c3ccccc3)CC2)cc1. The molecule has 1 saturated heterocycles. The highest BCUT2D eigenvalue weighted by atomic mass is 16.2. The number of amides is 3. The molecule has 1 aliphatic heterocycles. The number of nitrogens with two attached hydrogens (primary N) is 1. The minimum Gasteiger partial charge on any atom is -0.351 e. The van der Waals surface area contributed by atoms with Gasteiger partial charge in [0.05, 0.1) is 0 Å². The van der Waals surface area contributed by atoms with Crippen LogP contribution in [0.1, 0.15) is 33.6 Å². The standard InChI is InChI=1S/C20H21N3O3/c21-20(26)22-17-8-6-16(7-9-17)19(25)23-12-10-15(11-13-23)18(24)14-4-2-1-3-5-14/h1-9,15H,10-13H2,(H3,21,22,26). The molecule has 1 fully saturated rings. The highest BCUT2D eigenvalue weighted by Gasteiger charge is 2.28. The topological polar surface area (TPSA) is 92.5 Å². The molecule has 0 radical (unpaired) electrons. The van der Waals surface area contributed by atoms with Crippen LogP contribution in [-0.4, -0.2) is 35.7 Å². The number of piperidine rings is 1. The van der Waals surface area contributed by atoms with E-state index in [1.54, 1.807) is 29.2 Å². The van der Waals surface area contributed by atoms with Crippen LogP contribution >= 0.6 is 0 Å². The first-order valence-corrected chi connectivity index (χ1v) is 8.59. The van der Waals surface area contributed by atoms with Crippen LogP contribution in [0.15, 0.2) is 54.6 Å². The van der Waals surface area contributed by atoms with Gasteiger partial charge in [0.25, 0.3) is 5.91 Å². The fourth-order valence-corrected chi connectivity index (χ4v) is 3.20. The van der Waals surface area contributed by atoms with Gasteiger partial charge < -0.3 is 16.0 Å². The van der Waals surface area contributed by atoms with Crippen LogP contribution in [-0.2, 0) is 0 Å². The molecule has 6 nitrogen and oxygen atoms in total. The van der Waals surface area contributed by atoms with Gasteiger partial charge in [-0.2, -0.15) is 0 Å². The zero-order valence-electron chi connectivity index (χ0n) is 14.4. The van der Waals surface area contributed by atoms with Gasteiger partial charge in [-0.15, -0.1) is 0 Å². The van der Waals surface area contributed by atoms with E-state index in [1.807, 2.05) is 30.3 Å². The Morgan fingerprint density at radius 2 is 1.50 bits per heavy atom. The number of carbonyl (C=O) groups excluding carboxylic acids is 3. The van der Waals surface area contributed by atoms with Crippen LogP contribution in [0.2, 0.25) is 0 Å². The quantitative estimate of drug-likeness (QED) is 0.830. The van der Waals surface area contributed by atoms with Gasteiger partial charge in [0, 0.05) is 35.8 Å². The highest BCUT2D eigenvalue weighted by molar-refractivity contribution is 5.98. The second-order valence-corrected chi connectivity index (χ2v) is 6.36. The molecular weight excluding hydrogens is 330 g/mol. The minimum atomic E-state index is -0.644. The average molecular weight is 351 g/mol. The lowest BCUT2D eigenvalue weighted by molar-refractivity contribution is 0.0650. The van der Waals surface area contributed by atoms with Crippen LogP contribution in [0, 0.1) is 5.92 Å². The van der Waals surface area contributed by atoms with Crippen molar-refractivity contribution in [2.75, 3.05) is 18.4 Å². The number of Topliss-reactive ketones (excluding diaryl/α,β-unsaturated/α-hetero) is 1.